The fourth-order valence-electron chi connectivity index (χ4n) is 8.24. The van der Waals surface area contributed by atoms with Crippen LogP contribution in [0.5, 0.6) is 0 Å². The Kier molecular flexibility index (Phi) is 27.7. The molecule has 0 aliphatic heterocycles. The number of amides is 3. The molecule has 2 fully saturated rings. The molecule has 73 heavy (non-hydrogen) atoms. The van der Waals surface area contributed by atoms with Crippen molar-refractivity contribution in [1.82, 2.24) is 15.1 Å². The van der Waals surface area contributed by atoms with Crippen LogP contribution >= 0.6 is 76.7 Å². The molecule has 2 heterocycles. The first kappa shape index (κ1) is 69.4. The first-order valence-corrected chi connectivity index (χ1v) is 23.6. The molecule has 4 aromatic rings. The Labute approximate surface area is 457 Å². The Morgan fingerprint density at radius 1 is 0.644 bits per heavy atom. The number of benzene rings is 2. The van der Waals surface area contributed by atoms with Crippen molar-refractivity contribution >= 4 is 100 Å². The number of carboxylic acid groups (broad SMARTS) is 1. The number of likely N-dealkylation sites (N-methyl/N-ethyl adjacent to an activating group) is 2. The van der Waals surface area contributed by atoms with Gasteiger partial charge in [0.2, 0.25) is 5.91 Å². The number of halogens is 8. The van der Waals surface area contributed by atoms with Crippen molar-refractivity contribution in [3.05, 3.63) is 114 Å². The number of aryl methyl sites for hydroxylation is 2. The summed E-state index contributed by atoms with van der Waals surface area (Å²) in [7, 11) is 7.44. The molecule has 2 aromatic heterocycles. The third-order valence-electron chi connectivity index (χ3n) is 12.8. The Morgan fingerprint density at radius 3 is 1.29 bits per heavy atom. The summed E-state index contributed by atoms with van der Waals surface area (Å²) in [6.45, 7) is 4.31. The molecule has 412 valence electrons. The maximum absolute atomic E-state index is 14.1. The monoisotopic (exact) mass is 1150 g/mol. The van der Waals surface area contributed by atoms with Crippen molar-refractivity contribution in [3.63, 3.8) is 0 Å². The summed E-state index contributed by atoms with van der Waals surface area (Å²) in [5, 5.41) is 11.6. The number of nitrogens with one attached hydrogen (secondary N) is 1. The normalized spacial score (nSPS) is 15.6. The van der Waals surface area contributed by atoms with E-state index in [4.69, 9.17) is 22.3 Å². The summed E-state index contributed by atoms with van der Waals surface area (Å²) in [5.41, 5.74) is 13.3. The number of rotatable bonds is 19. The van der Waals surface area contributed by atoms with E-state index in [0.29, 0.717) is 34.7 Å². The summed E-state index contributed by atoms with van der Waals surface area (Å²) in [6, 6.07) is 15.3. The molecule has 0 spiro atoms. The van der Waals surface area contributed by atoms with Gasteiger partial charge in [-0.2, -0.15) is 80.3 Å². The van der Waals surface area contributed by atoms with E-state index in [-0.39, 0.29) is 116 Å². The van der Waals surface area contributed by atoms with Gasteiger partial charge < -0.3 is 37.4 Å². The lowest BCUT2D eigenvalue weighted by atomic mass is 9.84. The SMILES string of the molecule is CN(C)[C@H](CN)Cc1ccc(C(N)=O)c(F)c1.Cc1ccc([C@@H](CC(=O)NC[C@H](Cc2ccc(C(N)=O)c(F)c2)N(C)C)C2(C(F)(F)F)CC2)s1.Cc1ccc([C@@H](CC(=O)O)C2(C(F)(F)F)CC2)s1.S.S.S.S. The minimum absolute atomic E-state index is 0. The van der Waals surface area contributed by atoms with E-state index in [1.54, 1.807) is 57.4 Å². The van der Waals surface area contributed by atoms with Crippen LogP contribution < -0.4 is 22.5 Å². The first-order valence-electron chi connectivity index (χ1n) is 22.0. The van der Waals surface area contributed by atoms with Crippen LogP contribution in [0.3, 0.4) is 0 Å². The number of carboxylic acids is 1. The van der Waals surface area contributed by atoms with Gasteiger partial charge in [-0.3, -0.25) is 19.2 Å². The Bertz CT molecular complexity index is 2430. The topological polar surface area (TPSA) is 185 Å². The van der Waals surface area contributed by atoms with Crippen LogP contribution in [0.25, 0.3) is 0 Å². The molecule has 2 saturated carbocycles. The fourth-order valence-corrected chi connectivity index (χ4v) is 10.4. The number of hydrogen-bond donors (Lipinski definition) is 5. The minimum Gasteiger partial charge on any atom is -0.481 e. The van der Waals surface area contributed by atoms with Crippen LogP contribution in [-0.4, -0.2) is 104 Å². The smallest absolute Gasteiger partial charge is 0.395 e. The summed E-state index contributed by atoms with van der Waals surface area (Å²) in [4.78, 5) is 52.5. The van der Waals surface area contributed by atoms with Crippen LogP contribution in [0.4, 0.5) is 35.1 Å². The van der Waals surface area contributed by atoms with Gasteiger partial charge in [-0.25, -0.2) is 8.78 Å². The van der Waals surface area contributed by atoms with Gasteiger partial charge in [-0.1, -0.05) is 12.1 Å². The molecule has 25 heteroatoms. The van der Waals surface area contributed by atoms with E-state index in [0.717, 1.165) is 15.3 Å². The molecule has 3 amide bonds. The van der Waals surface area contributed by atoms with Gasteiger partial charge >= 0.3 is 18.3 Å². The van der Waals surface area contributed by atoms with Gasteiger partial charge in [0, 0.05) is 62.9 Å². The standard InChI is InChI=1S/C24H29F4N3O2S.C12H13F3O2S.C12H18FN3O.4H2S/c1-14-4-7-20(34-14)18(23(8-9-23)24(26,27)28)12-21(32)30-13-16(31(2)3)10-15-5-6-17(22(29)33)19(25)11-15;1-7-2-3-9(18-7)8(6-10(16)17)11(4-5-11)12(13,14)15;1-16(2)9(7-14)5-8-3-4-10(12(15)17)11(13)6-8;;;;/h4-7,11,16,18H,8-10,12-13H2,1-3H3,(H2,29,33)(H,30,32);2-3,8H,4-6H2,1H3,(H,16,17);3-4,6,9H,5,7,14H2,1-2H3,(H2,15,17);4*1H2/t16-,18+;8-;9-;;;;/m010..../s1. The number of nitrogens with two attached hydrogens (primary N) is 3. The number of nitrogens with zero attached hydrogens (tertiary/aromatic N) is 2. The lowest BCUT2D eigenvalue weighted by molar-refractivity contribution is -0.195. The highest BCUT2D eigenvalue weighted by Gasteiger charge is 2.68. The van der Waals surface area contributed by atoms with E-state index in [2.05, 4.69) is 5.32 Å². The average Bonchev–Trinajstić information content (AvgIpc) is 4.15. The largest absolute Gasteiger partial charge is 0.481 e. The highest BCUT2D eigenvalue weighted by Crippen LogP contribution is 2.67. The third-order valence-corrected chi connectivity index (χ3v) is 15.1. The summed E-state index contributed by atoms with van der Waals surface area (Å²) >= 11 is 2.56. The number of carbonyl (C=O) groups excluding carboxylic acids is 3. The van der Waals surface area contributed by atoms with E-state index < -0.39 is 76.8 Å². The second-order valence-corrected chi connectivity index (χ2v) is 20.8. The number of thiophene rings is 2. The molecule has 8 N–H and O–H groups in total. The Morgan fingerprint density at radius 2 is 1.01 bits per heavy atom. The molecular formula is C48H68F8N6O5S6. The second-order valence-electron chi connectivity index (χ2n) is 18.2. The van der Waals surface area contributed by atoms with Crippen LogP contribution in [0.1, 0.15) is 102 Å². The third kappa shape index (κ3) is 18.6. The Balaban J connectivity index is 0.00000113. The molecule has 6 rings (SSSR count). The molecule has 2 aromatic carbocycles. The van der Waals surface area contributed by atoms with E-state index >= 15 is 0 Å². The van der Waals surface area contributed by atoms with E-state index in [1.165, 1.54) is 46.9 Å². The molecule has 2 aliphatic rings. The Hall–Kier alpha value is -3.56. The zero-order chi connectivity index (χ0) is 51.8. The zero-order valence-corrected chi connectivity index (χ0v) is 46.8. The molecule has 0 saturated heterocycles. The van der Waals surface area contributed by atoms with Crippen LogP contribution in [-0.2, 0) is 22.4 Å². The number of primary amides is 2. The lowest BCUT2D eigenvalue weighted by Gasteiger charge is -2.29. The average molecular weight is 1150 g/mol. The minimum atomic E-state index is -4.37. The second kappa shape index (κ2) is 29.1. The predicted molar refractivity (Wildman–Crippen MR) is 292 cm³/mol. The summed E-state index contributed by atoms with van der Waals surface area (Å²) < 4.78 is 109. The number of alkyl halides is 6. The molecule has 0 unspecified atom stereocenters. The van der Waals surface area contributed by atoms with Crippen LogP contribution in [0.15, 0.2) is 60.7 Å². The fraction of sp³-hybridized carbons (Fsp3) is 0.500. The van der Waals surface area contributed by atoms with Crippen molar-refractivity contribution in [3.8, 4) is 0 Å². The molecule has 11 nitrogen and oxygen atoms in total. The number of carbonyl (C=O) groups is 4. The molecule has 0 bridgehead atoms. The zero-order valence-electron chi connectivity index (χ0n) is 41.2. The molecule has 4 atom stereocenters. The van der Waals surface area contributed by atoms with Gasteiger partial charge in [-0.15, -0.1) is 22.7 Å². The molecular weight excluding hydrogens is 1080 g/mol. The van der Waals surface area contributed by atoms with Crippen molar-refractivity contribution in [2.75, 3.05) is 41.3 Å². The molecule has 0 radical (unpaired) electrons. The van der Waals surface area contributed by atoms with Gasteiger partial charge in [0.05, 0.1) is 28.4 Å². The first-order chi connectivity index (χ1) is 32.0. The van der Waals surface area contributed by atoms with Crippen LogP contribution in [0.2, 0.25) is 0 Å². The van der Waals surface area contributed by atoms with Gasteiger partial charge in [0.15, 0.2) is 0 Å². The van der Waals surface area contributed by atoms with E-state index in [9.17, 15) is 54.3 Å². The highest BCUT2D eigenvalue weighted by atomic mass is 32.1. The van der Waals surface area contributed by atoms with Crippen molar-refractivity contribution in [1.29, 1.82) is 0 Å². The van der Waals surface area contributed by atoms with Gasteiger partial charge in [-0.05, 0) is 140 Å². The van der Waals surface area contributed by atoms with Crippen molar-refractivity contribution in [2.45, 2.75) is 101 Å². The maximum Gasteiger partial charge on any atom is 0.395 e. The predicted octanol–water partition coefficient (Wildman–Crippen LogP) is 9.16. The number of aliphatic carboxylic acids is 1. The van der Waals surface area contributed by atoms with E-state index in [1.807, 2.05) is 30.8 Å². The van der Waals surface area contributed by atoms with Gasteiger partial charge in [0.1, 0.15) is 11.6 Å². The maximum atomic E-state index is 14.1. The molecule has 2 aliphatic carbocycles. The van der Waals surface area contributed by atoms with Crippen LogP contribution in [0, 0.1) is 36.3 Å². The van der Waals surface area contributed by atoms with Crippen molar-refractivity contribution < 1.29 is 59.4 Å². The van der Waals surface area contributed by atoms with Gasteiger partial charge in [0.25, 0.3) is 11.8 Å². The summed E-state index contributed by atoms with van der Waals surface area (Å²) in [6.07, 6.45) is -8.29. The lowest BCUT2D eigenvalue weighted by Crippen LogP contribution is -2.42. The summed E-state index contributed by atoms with van der Waals surface area (Å²) in [5.74, 6) is -6.41. The number of hydrogen-bond acceptors (Lipinski definition) is 9. The van der Waals surface area contributed by atoms with Crippen molar-refractivity contribution in [2.24, 2.45) is 28.0 Å². The highest BCUT2D eigenvalue weighted by molar-refractivity contribution is 7.59. The quantitative estimate of drug-likeness (QED) is 0.0576.